The number of hydrogen-bond donors (Lipinski definition) is 2. The quantitative estimate of drug-likeness (QED) is 0.0770. The van der Waals surface area contributed by atoms with Gasteiger partial charge in [-0.2, -0.15) is 0 Å². The molecule has 2 N–H and O–H groups in total. The van der Waals surface area contributed by atoms with Crippen LogP contribution in [0.25, 0.3) is 0 Å². The first-order valence-electron chi connectivity index (χ1n) is 19.4. The number of benzene rings is 2. The zero-order valence-corrected chi connectivity index (χ0v) is 32.3. The number of aryl methyl sites for hydroxylation is 1. The molecule has 294 valence electrons. The monoisotopic (exact) mass is 753 g/mol. The summed E-state index contributed by atoms with van der Waals surface area (Å²) in [5.74, 6) is -0.398. The number of rotatable bonds is 18. The van der Waals surface area contributed by atoms with Crippen LogP contribution in [0.4, 0.5) is 4.79 Å². The summed E-state index contributed by atoms with van der Waals surface area (Å²) in [5, 5.41) is 24.5. The van der Waals surface area contributed by atoms with Crippen LogP contribution in [0.3, 0.4) is 0 Å². The molecule has 1 fully saturated rings. The summed E-state index contributed by atoms with van der Waals surface area (Å²) in [7, 11) is 3.07. The zero-order valence-electron chi connectivity index (χ0n) is 32.3. The van der Waals surface area contributed by atoms with Gasteiger partial charge in [0, 0.05) is 43.9 Å². The maximum absolute atomic E-state index is 13.4. The Morgan fingerprint density at radius 2 is 1.82 bits per heavy atom. The molecular formula is C44H55N3O8. The van der Waals surface area contributed by atoms with E-state index in [0.29, 0.717) is 30.9 Å². The summed E-state index contributed by atoms with van der Waals surface area (Å²) in [4.78, 5) is 25.7. The fourth-order valence-electron chi connectivity index (χ4n) is 8.68. The van der Waals surface area contributed by atoms with Crippen molar-refractivity contribution in [2.45, 2.75) is 82.8 Å². The number of aromatic nitrogens is 1. The average Bonchev–Trinajstić information content (AvgIpc) is 3.20. The van der Waals surface area contributed by atoms with Crippen LogP contribution in [0.2, 0.25) is 0 Å². The number of aliphatic hydroxyl groups is 2. The molecule has 6 atom stereocenters. The van der Waals surface area contributed by atoms with Crippen molar-refractivity contribution in [2.75, 3.05) is 34.0 Å². The molecule has 0 spiro atoms. The molecule has 1 aliphatic heterocycles. The fourth-order valence-corrected chi connectivity index (χ4v) is 8.68. The second-order valence-electron chi connectivity index (χ2n) is 14.7. The highest BCUT2D eigenvalue weighted by atomic mass is 16.7. The number of ether oxygens (including phenoxy) is 4. The van der Waals surface area contributed by atoms with Crippen LogP contribution in [0.5, 0.6) is 11.5 Å². The van der Waals surface area contributed by atoms with Gasteiger partial charge in [-0.1, -0.05) is 66.5 Å². The van der Waals surface area contributed by atoms with E-state index >= 15 is 0 Å². The van der Waals surface area contributed by atoms with Crippen molar-refractivity contribution < 1.29 is 38.8 Å². The minimum atomic E-state index is -1.35. The maximum Gasteiger partial charge on any atom is 0.409 e. The number of oxime groups is 1. The Balaban J connectivity index is 1.52. The van der Waals surface area contributed by atoms with Gasteiger partial charge in [-0.05, 0) is 85.9 Å². The van der Waals surface area contributed by atoms with E-state index in [1.165, 1.54) is 7.11 Å². The molecule has 1 amide bonds. The molecule has 0 unspecified atom stereocenters. The van der Waals surface area contributed by atoms with E-state index in [4.69, 9.17) is 28.9 Å². The smallest absolute Gasteiger partial charge is 0.409 e. The molecule has 2 heterocycles. The summed E-state index contributed by atoms with van der Waals surface area (Å²) in [6, 6.07) is 21.0. The molecule has 55 heavy (non-hydrogen) atoms. The number of unbranched alkanes of at least 4 members (excludes halogenated alkanes) is 2. The molecule has 11 heteroatoms. The Morgan fingerprint density at radius 1 is 1.04 bits per heavy atom. The van der Waals surface area contributed by atoms with Crippen molar-refractivity contribution in [3.8, 4) is 11.5 Å². The summed E-state index contributed by atoms with van der Waals surface area (Å²) in [6.45, 7) is 6.92. The lowest BCUT2D eigenvalue weighted by molar-refractivity contribution is -0.253. The van der Waals surface area contributed by atoms with Gasteiger partial charge in [0.1, 0.15) is 30.8 Å². The van der Waals surface area contributed by atoms with Gasteiger partial charge in [-0.15, -0.1) is 6.58 Å². The molecular weight excluding hydrogens is 698 g/mol. The topological polar surface area (TPSA) is 132 Å². The molecule has 1 saturated carbocycles. The van der Waals surface area contributed by atoms with Crippen LogP contribution in [-0.2, 0) is 27.5 Å². The van der Waals surface area contributed by atoms with Crippen LogP contribution in [-0.4, -0.2) is 77.7 Å². The van der Waals surface area contributed by atoms with Crippen LogP contribution in [0, 0.1) is 24.7 Å². The predicted octanol–water partition coefficient (Wildman–Crippen LogP) is 7.50. The van der Waals surface area contributed by atoms with E-state index in [1.807, 2.05) is 67.6 Å². The first kappa shape index (κ1) is 40.0. The summed E-state index contributed by atoms with van der Waals surface area (Å²) >= 11 is 0. The first-order valence-corrected chi connectivity index (χ1v) is 19.4. The standard InChI is InChI=1S/C44H55N3O8/c1-5-24-53-44-40(47(3)43(50)51-4)27-38(46-54-28-31-15-7-6-8-16-31)36-25-32(17-9-11-22-48)35(19-10-12-23-49)41(42(36)44)37-26-34(20-21-39(37)55-44)52-29-33-18-13-14-30(2)45-33/h5-8,13-16,18,20-21,25-26,32,35,40-42,48-49H,1,9-12,17,19,22-24,27-29H2,2-4H3/t32-,35+,40-,41+,42+,44+/m0/s1. The van der Waals surface area contributed by atoms with Gasteiger partial charge >= 0.3 is 6.09 Å². The molecule has 0 saturated heterocycles. The SMILES string of the molecule is C=CCO[C@@]12Oc3ccc(OCc4cccc(C)n4)cc3[C@H]3[C@H](CCCCO)[C@@H](CCCCO)C=C(C(=NOCc4ccccc4)C[C@@H]1N(C)C(=O)OC)[C@H]32. The average molecular weight is 754 g/mol. The number of likely N-dealkylation sites (N-methyl/N-ethyl adjacent to an activating group) is 1. The zero-order chi connectivity index (χ0) is 38.8. The lowest BCUT2D eigenvalue weighted by Crippen LogP contribution is -2.69. The number of carbonyl (C=O) groups is 1. The van der Waals surface area contributed by atoms with Crippen molar-refractivity contribution >= 4 is 11.8 Å². The molecule has 0 bridgehead atoms. The van der Waals surface area contributed by atoms with E-state index in [0.717, 1.165) is 59.5 Å². The Hall–Kier alpha value is -4.71. The minimum absolute atomic E-state index is 0.0932. The van der Waals surface area contributed by atoms with Crippen molar-refractivity contribution in [1.82, 2.24) is 9.88 Å². The molecule has 2 aromatic carbocycles. The number of methoxy groups -OCH3 is 1. The number of aliphatic hydroxyl groups excluding tert-OH is 2. The van der Waals surface area contributed by atoms with Crippen LogP contribution in [0.15, 0.2) is 96.2 Å². The lowest BCUT2D eigenvalue weighted by atomic mass is 9.55. The third kappa shape index (κ3) is 8.90. The first-order chi connectivity index (χ1) is 26.8. The molecule has 3 aromatic rings. The number of fused-ring (bicyclic) bond motifs is 2. The van der Waals surface area contributed by atoms with Gasteiger partial charge < -0.3 is 38.9 Å². The number of allylic oxidation sites excluding steroid dienone is 1. The van der Waals surface area contributed by atoms with Crippen LogP contribution >= 0.6 is 0 Å². The van der Waals surface area contributed by atoms with Crippen molar-refractivity contribution in [1.29, 1.82) is 0 Å². The van der Waals surface area contributed by atoms with Gasteiger partial charge in [0.15, 0.2) is 0 Å². The Morgan fingerprint density at radius 3 is 2.55 bits per heavy atom. The Kier molecular flexibility index (Phi) is 13.6. The molecule has 6 rings (SSSR count). The molecule has 2 aliphatic carbocycles. The van der Waals surface area contributed by atoms with E-state index in [-0.39, 0.29) is 50.6 Å². The highest BCUT2D eigenvalue weighted by molar-refractivity contribution is 6.02. The van der Waals surface area contributed by atoms with Crippen molar-refractivity contribution in [3.05, 3.63) is 114 Å². The number of carbonyl (C=O) groups excluding carboxylic acids is 1. The number of pyridine rings is 1. The van der Waals surface area contributed by atoms with Crippen LogP contribution in [0.1, 0.15) is 73.4 Å². The van der Waals surface area contributed by atoms with E-state index in [1.54, 1.807) is 18.0 Å². The van der Waals surface area contributed by atoms with Gasteiger partial charge in [0.05, 0.1) is 31.0 Å². The van der Waals surface area contributed by atoms with Gasteiger partial charge in [0.25, 0.3) is 0 Å². The van der Waals surface area contributed by atoms with E-state index in [2.05, 4.69) is 23.7 Å². The molecule has 11 nitrogen and oxygen atoms in total. The normalized spacial score (nSPS) is 24.5. The van der Waals surface area contributed by atoms with Gasteiger partial charge in [-0.3, -0.25) is 4.98 Å². The third-order valence-corrected chi connectivity index (χ3v) is 11.2. The molecule has 3 aliphatic rings. The van der Waals surface area contributed by atoms with Crippen molar-refractivity contribution in [3.63, 3.8) is 0 Å². The predicted molar refractivity (Wildman–Crippen MR) is 210 cm³/mol. The largest absolute Gasteiger partial charge is 0.487 e. The van der Waals surface area contributed by atoms with Crippen molar-refractivity contribution in [2.24, 2.45) is 22.9 Å². The summed E-state index contributed by atoms with van der Waals surface area (Å²) < 4.78 is 25.7. The lowest BCUT2D eigenvalue weighted by Gasteiger charge is -2.59. The summed E-state index contributed by atoms with van der Waals surface area (Å²) in [6.07, 6.45) is 8.50. The highest BCUT2D eigenvalue weighted by Gasteiger charge is 2.65. The van der Waals surface area contributed by atoms with E-state index in [9.17, 15) is 15.0 Å². The molecule has 0 radical (unpaired) electrons. The fraction of sp³-hybridized carbons (Fsp3) is 0.477. The molecule has 1 aromatic heterocycles. The Bertz CT molecular complexity index is 1820. The second-order valence-corrected chi connectivity index (χ2v) is 14.7. The third-order valence-electron chi connectivity index (χ3n) is 11.2. The number of nitrogens with zero attached hydrogens (tertiary/aromatic N) is 3. The van der Waals surface area contributed by atoms with Crippen LogP contribution < -0.4 is 9.47 Å². The van der Waals surface area contributed by atoms with Gasteiger partial charge in [-0.25, -0.2) is 4.79 Å². The Labute approximate surface area is 324 Å². The van der Waals surface area contributed by atoms with E-state index < -0.39 is 23.8 Å². The minimum Gasteiger partial charge on any atom is -0.487 e. The second kappa shape index (κ2) is 18.8. The van der Waals surface area contributed by atoms with Gasteiger partial charge in [0.2, 0.25) is 5.79 Å². The summed E-state index contributed by atoms with van der Waals surface area (Å²) in [5.41, 5.74) is 5.40. The number of amides is 1. The number of hydrogen-bond acceptors (Lipinski definition) is 10. The maximum atomic E-state index is 13.4. The highest BCUT2D eigenvalue weighted by Crippen LogP contribution is 2.61.